The number of amides is 1. The molecule has 0 bridgehead atoms. The van der Waals surface area contributed by atoms with Crippen molar-refractivity contribution in [2.45, 2.75) is 51.2 Å². The molecule has 2 aliphatic heterocycles. The Kier molecular flexibility index (Phi) is 5.63. The van der Waals surface area contributed by atoms with Gasteiger partial charge in [-0.3, -0.25) is 4.79 Å². The fourth-order valence-electron chi connectivity index (χ4n) is 3.52. The van der Waals surface area contributed by atoms with Crippen LogP contribution in [0, 0.1) is 11.8 Å². The lowest BCUT2D eigenvalue weighted by Gasteiger charge is -2.42. The molecule has 2 atom stereocenters. The van der Waals surface area contributed by atoms with Crippen LogP contribution in [-0.2, 0) is 14.3 Å². The summed E-state index contributed by atoms with van der Waals surface area (Å²) in [5, 5.41) is 9.48. The molecule has 0 unspecified atom stereocenters. The minimum Gasteiger partial charge on any atom is -0.393 e. The van der Waals surface area contributed by atoms with Crippen LogP contribution in [0.15, 0.2) is 0 Å². The molecular weight excluding hydrogens is 270 g/mol. The van der Waals surface area contributed by atoms with E-state index in [1.54, 1.807) is 7.11 Å². The maximum Gasteiger partial charge on any atom is 0.228 e. The molecule has 2 heterocycles. The molecule has 21 heavy (non-hydrogen) atoms. The average Bonchev–Trinajstić information content (AvgIpc) is 2.54. The Hall–Kier alpha value is -0.650. The van der Waals surface area contributed by atoms with Crippen molar-refractivity contribution in [2.24, 2.45) is 11.8 Å². The number of piperidine rings is 1. The summed E-state index contributed by atoms with van der Waals surface area (Å²) in [5.41, 5.74) is -0.461. The van der Waals surface area contributed by atoms with Crippen LogP contribution in [0.5, 0.6) is 0 Å². The summed E-state index contributed by atoms with van der Waals surface area (Å²) in [4.78, 5) is 14.7. The van der Waals surface area contributed by atoms with Crippen molar-refractivity contribution < 1.29 is 19.4 Å². The highest BCUT2D eigenvalue weighted by Gasteiger charge is 2.40. The Balaban J connectivity index is 1.97. The van der Waals surface area contributed by atoms with E-state index >= 15 is 0 Å². The first-order valence-corrected chi connectivity index (χ1v) is 8.09. The molecule has 0 aromatic rings. The topological polar surface area (TPSA) is 59.0 Å². The Morgan fingerprint density at radius 2 is 2.10 bits per heavy atom. The number of aliphatic hydroxyl groups excluding tert-OH is 1. The van der Waals surface area contributed by atoms with Crippen LogP contribution in [0.3, 0.4) is 0 Å². The summed E-state index contributed by atoms with van der Waals surface area (Å²) in [5.74, 6) is 0.568. The maximum absolute atomic E-state index is 12.8. The van der Waals surface area contributed by atoms with Crippen molar-refractivity contribution in [1.82, 2.24) is 4.90 Å². The van der Waals surface area contributed by atoms with Crippen LogP contribution in [0.1, 0.15) is 39.5 Å². The normalized spacial score (nSPS) is 29.7. The van der Waals surface area contributed by atoms with Crippen molar-refractivity contribution in [2.75, 3.05) is 33.4 Å². The number of likely N-dealkylation sites (tertiary alicyclic amines) is 1. The third-order valence-corrected chi connectivity index (χ3v) is 5.05. The van der Waals surface area contributed by atoms with Crippen LogP contribution < -0.4 is 0 Å². The molecule has 2 rings (SSSR count). The van der Waals surface area contributed by atoms with E-state index in [4.69, 9.17) is 9.47 Å². The SMILES string of the molecule is COC1(CO)CCN(C(=O)[C@H]2CCCO[C@H]2C(C)C)CC1. The zero-order valence-corrected chi connectivity index (χ0v) is 13.5. The zero-order chi connectivity index (χ0) is 15.5. The van der Waals surface area contributed by atoms with Crippen molar-refractivity contribution in [3.8, 4) is 0 Å². The molecule has 2 fully saturated rings. The summed E-state index contributed by atoms with van der Waals surface area (Å²) in [6, 6.07) is 0. The smallest absolute Gasteiger partial charge is 0.228 e. The van der Waals surface area contributed by atoms with E-state index in [1.807, 2.05) is 4.90 Å². The lowest BCUT2D eigenvalue weighted by atomic mass is 9.85. The summed E-state index contributed by atoms with van der Waals surface area (Å²) in [6.07, 6.45) is 3.33. The maximum atomic E-state index is 12.8. The Morgan fingerprint density at radius 1 is 1.43 bits per heavy atom. The van der Waals surface area contributed by atoms with Crippen molar-refractivity contribution in [1.29, 1.82) is 0 Å². The molecule has 1 amide bonds. The van der Waals surface area contributed by atoms with Crippen LogP contribution in [0.25, 0.3) is 0 Å². The molecule has 0 spiro atoms. The summed E-state index contributed by atoms with van der Waals surface area (Å²) >= 11 is 0. The second kappa shape index (κ2) is 7.07. The summed E-state index contributed by atoms with van der Waals surface area (Å²) < 4.78 is 11.3. The molecule has 2 aliphatic rings. The van der Waals surface area contributed by atoms with Gasteiger partial charge in [-0.1, -0.05) is 13.8 Å². The van der Waals surface area contributed by atoms with Gasteiger partial charge in [-0.2, -0.15) is 0 Å². The highest BCUT2D eigenvalue weighted by molar-refractivity contribution is 5.79. The second-order valence-electron chi connectivity index (χ2n) is 6.70. The van der Waals surface area contributed by atoms with Crippen LogP contribution >= 0.6 is 0 Å². The number of methoxy groups -OCH3 is 1. The van der Waals surface area contributed by atoms with Gasteiger partial charge in [0.25, 0.3) is 0 Å². The van der Waals surface area contributed by atoms with Gasteiger partial charge in [0, 0.05) is 26.8 Å². The first kappa shape index (κ1) is 16.7. The van der Waals surface area contributed by atoms with Gasteiger partial charge in [0.15, 0.2) is 0 Å². The average molecular weight is 299 g/mol. The van der Waals surface area contributed by atoms with Crippen molar-refractivity contribution in [3.05, 3.63) is 0 Å². The third kappa shape index (κ3) is 3.58. The number of carbonyl (C=O) groups is 1. The molecule has 0 aliphatic carbocycles. The molecule has 122 valence electrons. The van der Waals surface area contributed by atoms with E-state index in [-0.39, 0.29) is 24.5 Å². The molecular formula is C16H29NO4. The fourth-order valence-corrected chi connectivity index (χ4v) is 3.52. The first-order valence-electron chi connectivity index (χ1n) is 8.09. The van der Waals surface area contributed by atoms with Gasteiger partial charge >= 0.3 is 0 Å². The monoisotopic (exact) mass is 299 g/mol. The number of aliphatic hydroxyl groups is 1. The lowest BCUT2D eigenvalue weighted by molar-refractivity contribution is -0.154. The van der Waals surface area contributed by atoms with Gasteiger partial charge in [-0.25, -0.2) is 0 Å². The lowest BCUT2D eigenvalue weighted by Crippen LogP contribution is -2.53. The molecule has 5 heteroatoms. The Labute approximate surface area is 127 Å². The van der Waals surface area contributed by atoms with Crippen molar-refractivity contribution in [3.63, 3.8) is 0 Å². The quantitative estimate of drug-likeness (QED) is 0.853. The Morgan fingerprint density at radius 3 is 2.62 bits per heavy atom. The van der Waals surface area contributed by atoms with Gasteiger partial charge < -0.3 is 19.5 Å². The molecule has 5 nitrogen and oxygen atoms in total. The number of nitrogens with zero attached hydrogens (tertiary/aromatic N) is 1. The predicted molar refractivity (Wildman–Crippen MR) is 79.9 cm³/mol. The van der Waals surface area contributed by atoms with Gasteiger partial charge in [0.1, 0.15) is 0 Å². The van der Waals surface area contributed by atoms with Gasteiger partial charge in [0.05, 0.1) is 24.2 Å². The largest absolute Gasteiger partial charge is 0.393 e. The van der Waals surface area contributed by atoms with E-state index < -0.39 is 5.60 Å². The van der Waals surface area contributed by atoms with Crippen molar-refractivity contribution >= 4 is 5.91 Å². The van der Waals surface area contributed by atoms with Crippen LogP contribution in [-0.4, -0.2) is 61.0 Å². The van der Waals surface area contributed by atoms with Crippen LogP contribution in [0.4, 0.5) is 0 Å². The van der Waals surface area contributed by atoms with E-state index in [0.29, 0.717) is 31.8 Å². The standard InChI is InChI=1S/C16H29NO4/c1-12(2)14-13(5-4-10-21-14)15(19)17-8-6-16(11-18,20-3)7-9-17/h12-14,18H,4-11H2,1-3H3/t13-,14-/m0/s1. The van der Waals surface area contributed by atoms with Gasteiger partial charge in [-0.15, -0.1) is 0 Å². The molecule has 0 aromatic heterocycles. The molecule has 0 radical (unpaired) electrons. The zero-order valence-electron chi connectivity index (χ0n) is 13.5. The predicted octanol–water partition coefficient (Wildman–Crippen LogP) is 1.44. The number of hydrogen-bond acceptors (Lipinski definition) is 4. The number of rotatable bonds is 4. The van der Waals surface area contributed by atoms with Gasteiger partial charge in [-0.05, 0) is 31.6 Å². The fraction of sp³-hybridized carbons (Fsp3) is 0.938. The Bertz CT molecular complexity index is 344. The first-order chi connectivity index (χ1) is 10.0. The van der Waals surface area contributed by atoms with E-state index in [0.717, 1.165) is 19.4 Å². The minimum atomic E-state index is -0.461. The van der Waals surface area contributed by atoms with E-state index in [1.165, 1.54) is 0 Å². The third-order valence-electron chi connectivity index (χ3n) is 5.05. The highest BCUT2D eigenvalue weighted by atomic mass is 16.5. The summed E-state index contributed by atoms with van der Waals surface area (Å²) in [6.45, 7) is 6.35. The van der Waals surface area contributed by atoms with Gasteiger partial charge in [0.2, 0.25) is 5.91 Å². The number of ether oxygens (including phenoxy) is 2. The minimum absolute atomic E-state index is 0.0112. The van der Waals surface area contributed by atoms with E-state index in [9.17, 15) is 9.90 Å². The molecule has 0 aromatic carbocycles. The van der Waals surface area contributed by atoms with E-state index in [2.05, 4.69) is 13.8 Å². The number of hydrogen-bond donors (Lipinski definition) is 1. The number of carbonyl (C=O) groups excluding carboxylic acids is 1. The molecule has 0 saturated carbocycles. The highest BCUT2D eigenvalue weighted by Crippen LogP contribution is 2.31. The molecule has 1 N–H and O–H groups in total. The second-order valence-corrected chi connectivity index (χ2v) is 6.70. The van der Waals surface area contributed by atoms with Crippen LogP contribution in [0.2, 0.25) is 0 Å². The molecule has 2 saturated heterocycles. The summed E-state index contributed by atoms with van der Waals surface area (Å²) in [7, 11) is 1.64.